The molecule has 3 heteroatoms. The second-order valence-corrected chi connectivity index (χ2v) is 4.79. The van der Waals surface area contributed by atoms with Crippen LogP contribution in [0.15, 0.2) is 54.7 Å². The first-order valence-corrected chi connectivity index (χ1v) is 7.04. The van der Waals surface area contributed by atoms with E-state index in [1.54, 1.807) is 6.20 Å². The molecule has 0 saturated heterocycles. The molecule has 20 heavy (non-hydrogen) atoms. The van der Waals surface area contributed by atoms with Crippen LogP contribution in [0.5, 0.6) is 0 Å². The Hall–Kier alpha value is -2.16. The number of hydrogen-bond acceptors (Lipinski definition) is 2. The number of amides is 1. The molecule has 0 saturated carbocycles. The lowest BCUT2D eigenvalue weighted by Crippen LogP contribution is -2.29. The van der Waals surface area contributed by atoms with Crippen molar-refractivity contribution in [1.82, 2.24) is 10.3 Å². The predicted octanol–water partition coefficient (Wildman–Crippen LogP) is 3.28. The van der Waals surface area contributed by atoms with Crippen LogP contribution >= 0.6 is 0 Å². The Morgan fingerprint density at radius 1 is 1.15 bits per heavy atom. The zero-order chi connectivity index (χ0) is 14.2. The normalized spacial score (nSPS) is 11.8. The van der Waals surface area contributed by atoms with Gasteiger partial charge < -0.3 is 5.32 Å². The number of hydrogen-bond donors (Lipinski definition) is 1. The summed E-state index contributed by atoms with van der Waals surface area (Å²) in [6, 6.07) is 15.7. The molecule has 0 aliphatic heterocycles. The van der Waals surface area contributed by atoms with Crippen LogP contribution in [-0.4, -0.2) is 10.9 Å². The first-order chi connectivity index (χ1) is 9.81. The van der Waals surface area contributed by atoms with Crippen LogP contribution in [0.25, 0.3) is 0 Å². The molecule has 0 radical (unpaired) electrons. The first kappa shape index (κ1) is 14.3. The smallest absolute Gasteiger partial charge is 0.227 e. The van der Waals surface area contributed by atoms with Crippen molar-refractivity contribution in [3.05, 3.63) is 66.0 Å². The predicted molar refractivity (Wildman–Crippen MR) is 80.2 cm³/mol. The molecule has 1 unspecified atom stereocenters. The van der Waals surface area contributed by atoms with Gasteiger partial charge in [-0.05, 0) is 24.1 Å². The number of nitrogens with zero attached hydrogens (tertiary/aromatic N) is 1. The maximum absolute atomic E-state index is 12.4. The zero-order valence-corrected chi connectivity index (χ0v) is 11.8. The lowest BCUT2D eigenvalue weighted by atomic mass is 9.93. The summed E-state index contributed by atoms with van der Waals surface area (Å²) < 4.78 is 0. The van der Waals surface area contributed by atoms with Crippen molar-refractivity contribution in [3.8, 4) is 0 Å². The molecule has 2 rings (SSSR count). The molecular formula is C17H20N2O. The average molecular weight is 268 g/mol. The minimum atomic E-state index is -0.0788. The molecule has 0 fully saturated rings. The average Bonchev–Trinajstić information content (AvgIpc) is 2.52. The van der Waals surface area contributed by atoms with Crippen molar-refractivity contribution >= 4 is 5.91 Å². The molecule has 1 amide bonds. The van der Waals surface area contributed by atoms with E-state index in [1.807, 2.05) is 48.5 Å². The summed E-state index contributed by atoms with van der Waals surface area (Å²) in [7, 11) is 0. The minimum absolute atomic E-state index is 0.0729. The van der Waals surface area contributed by atoms with Gasteiger partial charge in [0.2, 0.25) is 5.91 Å². The monoisotopic (exact) mass is 268 g/mol. The number of carbonyl (C=O) groups excluding carboxylic acids is 1. The Morgan fingerprint density at radius 3 is 2.55 bits per heavy atom. The fraction of sp³-hybridized carbons (Fsp3) is 0.294. The summed E-state index contributed by atoms with van der Waals surface area (Å²) in [5.74, 6) is -0.00591. The summed E-state index contributed by atoms with van der Waals surface area (Å²) in [4.78, 5) is 16.6. The van der Waals surface area contributed by atoms with E-state index in [0.29, 0.717) is 6.54 Å². The summed E-state index contributed by atoms with van der Waals surface area (Å²) in [5.41, 5.74) is 1.96. The third kappa shape index (κ3) is 3.92. The standard InChI is InChI=1S/C17H20N2O/c1-2-8-16(14-9-4-3-5-10-14)17(20)19-13-15-11-6-7-12-18-15/h3-7,9-12,16H,2,8,13H2,1H3,(H,19,20). The quantitative estimate of drug-likeness (QED) is 0.873. The third-order valence-electron chi connectivity index (χ3n) is 3.27. The molecule has 0 aliphatic rings. The van der Waals surface area contributed by atoms with E-state index in [2.05, 4.69) is 17.2 Å². The van der Waals surface area contributed by atoms with Gasteiger partial charge in [0.05, 0.1) is 18.2 Å². The van der Waals surface area contributed by atoms with E-state index >= 15 is 0 Å². The van der Waals surface area contributed by atoms with Gasteiger partial charge in [-0.15, -0.1) is 0 Å². The molecule has 0 spiro atoms. The minimum Gasteiger partial charge on any atom is -0.350 e. The maximum atomic E-state index is 12.4. The summed E-state index contributed by atoms with van der Waals surface area (Å²) in [6.45, 7) is 2.58. The van der Waals surface area contributed by atoms with Crippen molar-refractivity contribution in [2.75, 3.05) is 0 Å². The first-order valence-electron chi connectivity index (χ1n) is 7.04. The summed E-state index contributed by atoms with van der Waals surface area (Å²) >= 11 is 0. The number of rotatable bonds is 6. The highest BCUT2D eigenvalue weighted by molar-refractivity contribution is 5.83. The molecule has 1 aromatic heterocycles. The van der Waals surface area contributed by atoms with Crippen molar-refractivity contribution in [3.63, 3.8) is 0 Å². The van der Waals surface area contributed by atoms with Crippen LogP contribution < -0.4 is 5.32 Å². The molecule has 104 valence electrons. The topological polar surface area (TPSA) is 42.0 Å². The molecule has 0 aliphatic carbocycles. The summed E-state index contributed by atoms with van der Waals surface area (Å²) in [6.07, 6.45) is 3.58. The lowest BCUT2D eigenvalue weighted by molar-refractivity contribution is -0.122. The van der Waals surface area contributed by atoms with Gasteiger partial charge in [0.1, 0.15) is 0 Å². The van der Waals surface area contributed by atoms with Crippen molar-refractivity contribution in [2.45, 2.75) is 32.2 Å². The zero-order valence-electron chi connectivity index (χ0n) is 11.8. The molecule has 1 heterocycles. The Bertz CT molecular complexity index is 525. The van der Waals surface area contributed by atoms with Gasteiger partial charge in [0, 0.05) is 6.20 Å². The Morgan fingerprint density at radius 2 is 1.90 bits per heavy atom. The Kier molecular flexibility index (Phi) is 5.30. The van der Waals surface area contributed by atoms with E-state index < -0.39 is 0 Å². The van der Waals surface area contributed by atoms with Crippen LogP contribution in [0.1, 0.15) is 36.9 Å². The van der Waals surface area contributed by atoms with Crippen molar-refractivity contribution in [2.24, 2.45) is 0 Å². The van der Waals surface area contributed by atoms with E-state index in [4.69, 9.17) is 0 Å². The number of benzene rings is 1. The highest BCUT2D eigenvalue weighted by Crippen LogP contribution is 2.21. The van der Waals surface area contributed by atoms with Crippen LogP contribution in [-0.2, 0) is 11.3 Å². The van der Waals surface area contributed by atoms with Gasteiger partial charge in [-0.3, -0.25) is 9.78 Å². The molecule has 1 atom stereocenters. The lowest BCUT2D eigenvalue weighted by Gasteiger charge is -2.16. The van der Waals surface area contributed by atoms with Gasteiger partial charge in [-0.25, -0.2) is 0 Å². The highest BCUT2D eigenvalue weighted by atomic mass is 16.1. The van der Waals surface area contributed by atoms with Gasteiger partial charge >= 0.3 is 0 Å². The van der Waals surface area contributed by atoms with Crippen LogP contribution in [0.3, 0.4) is 0 Å². The molecule has 2 aromatic rings. The SMILES string of the molecule is CCCC(C(=O)NCc1ccccn1)c1ccccc1. The van der Waals surface area contributed by atoms with E-state index in [1.165, 1.54) is 0 Å². The van der Waals surface area contributed by atoms with Gasteiger partial charge in [0.15, 0.2) is 0 Å². The highest BCUT2D eigenvalue weighted by Gasteiger charge is 2.19. The second-order valence-electron chi connectivity index (χ2n) is 4.79. The van der Waals surface area contributed by atoms with Gasteiger partial charge in [0.25, 0.3) is 0 Å². The molecule has 3 nitrogen and oxygen atoms in total. The van der Waals surface area contributed by atoms with Crippen LogP contribution in [0, 0.1) is 0 Å². The molecular weight excluding hydrogens is 248 g/mol. The number of aromatic nitrogens is 1. The Labute approximate surface area is 120 Å². The third-order valence-corrected chi connectivity index (χ3v) is 3.27. The molecule has 1 aromatic carbocycles. The molecule has 0 bridgehead atoms. The number of carbonyl (C=O) groups is 1. The molecule has 1 N–H and O–H groups in total. The Balaban J connectivity index is 2.01. The fourth-order valence-corrected chi connectivity index (χ4v) is 2.23. The van der Waals surface area contributed by atoms with Crippen molar-refractivity contribution in [1.29, 1.82) is 0 Å². The maximum Gasteiger partial charge on any atom is 0.227 e. The largest absolute Gasteiger partial charge is 0.350 e. The summed E-state index contributed by atoms with van der Waals surface area (Å²) in [5, 5.41) is 2.98. The van der Waals surface area contributed by atoms with E-state index in [-0.39, 0.29) is 11.8 Å². The number of pyridine rings is 1. The fourth-order valence-electron chi connectivity index (χ4n) is 2.23. The second kappa shape index (κ2) is 7.43. The van der Waals surface area contributed by atoms with Crippen LogP contribution in [0.2, 0.25) is 0 Å². The van der Waals surface area contributed by atoms with E-state index in [0.717, 1.165) is 24.1 Å². The van der Waals surface area contributed by atoms with Crippen LogP contribution in [0.4, 0.5) is 0 Å². The number of nitrogens with one attached hydrogen (secondary N) is 1. The van der Waals surface area contributed by atoms with E-state index in [9.17, 15) is 4.79 Å². The van der Waals surface area contributed by atoms with Gasteiger partial charge in [-0.1, -0.05) is 49.7 Å². The van der Waals surface area contributed by atoms with Gasteiger partial charge in [-0.2, -0.15) is 0 Å². The van der Waals surface area contributed by atoms with Crippen molar-refractivity contribution < 1.29 is 4.79 Å².